The van der Waals surface area contributed by atoms with Gasteiger partial charge in [0.1, 0.15) is 6.04 Å². The molecule has 1 fully saturated rings. The Morgan fingerprint density at radius 1 is 1.28 bits per heavy atom. The number of aliphatic hydroxyl groups excluding tert-OH is 1. The van der Waals surface area contributed by atoms with Gasteiger partial charge in [0.25, 0.3) is 5.91 Å². The second-order valence-corrected chi connectivity index (χ2v) is 5.45. The summed E-state index contributed by atoms with van der Waals surface area (Å²) >= 11 is 2.13. The van der Waals surface area contributed by atoms with E-state index in [2.05, 4.69) is 22.6 Å². The average molecular weight is 361 g/mol. The number of carboxylic acids is 1. The molecule has 0 radical (unpaired) electrons. The van der Waals surface area contributed by atoms with E-state index in [1.807, 2.05) is 0 Å². The van der Waals surface area contributed by atoms with Crippen LogP contribution in [-0.2, 0) is 4.79 Å². The molecule has 2 atom stereocenters. The van der Waals surface area contributed by atoms with Crippen LogP contribution >= 0.6 is 22.6 Å². The van der Waals surface area contributed by atoms with Crippen molar-refractivity contribution < 1.29 is 19.8 Å². The third kappa shape index (κ3) is 2.64. The molecule has 1 aromatic rings. The fourth-order valence-electron chi connectivity index (χ4n) is 2.03. The third-order valence-electron chi connectivity index (χ3n) is 2.92. The maximum absolute atomic E-state index is 12.2. The molecule has 5 nitrogen and oxygen atoms in total. The van der Waals surface area contributed by atoms with Crippen LogP contribution in [0, 0.1) is 3.57 Å². The number of aliphatic carboxylic acids is 1. The average Bonchev–Trinajstić information content (AvgIpc) is 2.71. The number of nitrogens with zero attached hydrogens (tertiary/aromatic N) is 1. The van der Waals surface area contributed by atoms with E-state index in [4.69, 9.17) is 5.11 Å². The standard InChI is InChI=1S/C12H12INO4/c13-8-3-1-7(2-4-8)11(16)14-6-9(15)5-10(14)12(17)18/h1-4,9-10,15H,5-6H2,(H,17,18)/t9-,10-/m0/s1. The van der Waals surface area contributed by atoms with E-state index in [0.29, 0.717) is 5.56 Å². The van der Waals surface area contributed by atoms with Crippen LogP contribution in [0.3, 0.4) is 0 Å². The highest BCUT2D eigenvalue weighted by molar-refractivity contribution is 14.1. The van der Waals surface area contributed by atoms with E-state index in [0.717, 1.165) is 3.57 Å². The zero-order valence-corrected chi connectivity index (χ0v) is 11.6. The Kier molecular flexibility index (Phi) is 3.86. The fraction of sp³-hybridized carbons (Fsp3) is 0.333. The number of β-amino-alcohol motifs (C(OH)–C–C–N with tert-alkyl or cyclic N) is 1. The van der Waals surface area contributed by atoms with Crippen LogP contribution < -0.4 is 0 Å². The van der Waals surface area contributed by atoms with Crippen LogP contribution in [0.25, 0.3) is 0 Å². The molecule has 0 saturated carbocycles. The number of benzene rings is 1. The Balaban J connectivity index is 2.22. The molecule has 6 heteroatoms. The van der Waals surface area contributed by atoms with Gasteiger partial charge in [-0.3, -0.25) is 4.79 Å². The van der Waals surface area contributed by atoms with Gasteiger partial charge >= 0.3 is 5.97 Å². The van der Waals surface area contributed by atoms with Gasteiger partial charge in [-0.2, -0.15) is 0 Å². The SMILES string of the molecule is O=C(O)[C@@H]1C[C@H](O)CN1C(=O)c1ccc(I)cc1. The van der Waals surface area contributed by atoms with Crippen molar-refractivity contribution in [2.24, 2.45) is 0 Å². The normalized spacial score (nSPS) is 23.1. The van der Waals surface area contributed by atoms with Gasteiger partial charge in [-0.25, -0.2) is 4.79 Å². The van der Waals surface area contributed by atoms with E-state index >= 15 is 0 Å². The molecule has 1 amide bonds. The predicted octanol–water partition coefficient (Wildman–Crippen LogP) is 0.951. The predicted molar refractivity (Wildman–Crippen MR) is 72.2 cm³/mol. The molecule has 1 saturated heterocycles. The molecule has 1 heterocycles. The van der Waals surface area contributed by atoms with Crippen LogP contribution in [0.1, 0.15) is 16.8 Å². The summed E-state index contributed by atoms with van der Waals surface area (Å²) in [6.45, 7) is 0.0712. The van der Waals surface area contributed by atoms with E-state index in [9.17, 15) is 14.7 Å². The molecular formula is C12H12INO4. The highest BCUT2D eigenvalue weighted by Crippen LogP contribution is 2.21. The van der Waals surface area contributed by atoms with E-state index < -0.39 is 18.1 Å². The highest BCUT2D eigenvalue weighted by atomic mass is 127. The number of aliphatic hydroxyl groups is 1. The first-order chi connectivity index (χ1) is 8.49. The number of carbonyl (C=O) groups is 2. The molecule has 0 unspecified atom stereocenters. The lowest BCUT2D eigenvalue weighted by Gasteiger charge is -2.21. The summed E-state index contributed by atoms with van der Waals surface area (Å²) in [4.78, 5) is 24.4. The van der Waals surface area contributed by atoms with Crippen LogP contribution in [0.5, 0.6) is 0 Å². The molecule has 18 heavy (non-hydrogen) atoms. The van der Waals surface area contributed by atoms with E-state index in [-0.39, 0.29) is 18.9 Å². The maximum Gasteiger partial charge on any atom is 0.326 e. The van der Waals surface area contributed by atoms with Crippen molar-refractivity contribution in [1.82, 2.24) is 4.90 Å². The van der Waals surface area contributed by atoms with Crippen molar-refractivity contribution in [3.8, 4) is 0 Å². The smallest absolute Gasteiger partial charge is 0.326 e. The number of hydrogen-bond donors (Lipinski definition) is 2. The topological polar surface area (TPSA) is 77.8 Å². The first-order valence-corrected chi connectivity index (χ1v) is 6.54. The lowest BCUT2D eigenvalue weighted by Crippen LogP contribution is -2.40. The molecular weight excluding hydrogens is 349 g/mol. The summed E-state index contributed by atoms with van der Waals surface area (Å²) in [5.41, 5.74) is 0.441. The van der Waals surface area contributed by atoms with Crippen LogP contribution in [0.2, 0.25) is 0 Å². The first-order valence-electron chi connectivity index (χ1n) is 5.46. The lowest BCUT2D eigenvalue weighted by atomic mass is 10.1. The summed E-state index contributed by atoms with van der Waals surface area (Å²) in [5, 5.41) is 18.5. The van der Waals surface area contributed by atoms with Gasteiger partial charge in [0.2, 0.25) is 0 Å². The van der Waals surface area contributed by atoms with Crippen LogP contribution in [-0.4, -0.2) is 45.7 Å². The second-order valence-electron chi connectivity index (χ2n) is 4.21. The first kappa shape index (κ1) is 13.3. The minimum absolute atomic E-state index is 0.0712. The van der Waals surface area contributed by atoms with Gasteiger partial charge in [-0.05, 0) is 46.9 Å². The Hall–Kier alpha value is -1.15. The molecule has 0 bridgehead atoms. The van der Waals surface area contributed by atoms with Gasteiger partial charge < -0.3 is 15.1 Å². The summed E-state index contributed by atoms with van der Waals surface area (Å²) in [6.07, 6.45) is -0.676. The van der Waals surface area contributed by atoms with Crippen LogP contribution in [0.15, 0.2) is 24.3 Å². The Morgan fingerprint density at radius 2 is 1.89 bits per heavy atom. The lowest BCUT2D eigenvalue weighted by molar-refractivity contribution is -0.141. The van der Waals surface area contributed by atoms with Crippen molar-refractivity contribution in [1.29, 1.82) is 0 Å². The minimum atomic E-state index is -1.08. The number of amides is 1. The Bertz CT molecular complexity index is 473. The monoisotopic (exact) mass is 361 g/mol. The number of likely N-dealkylation sites (tertiary alicyclic amines) is 1. The number of hydrogen-bond acceptors (Lipinski definition) is 3. The zero-order chi connectivity index (χ0) is 13.3. The summed E-state index contributed by atoms with van der Waals surface area (Å²) in [6, 6.07) is 5.96. The van der Waals surface area contributed by atoms with Gasteiger partial charge in [0, 0.05) is 22.1 Å². The number of halogens is 1. The molecule has 1 aromatic carbocycles. The molecule has 96 valence electrons. The van der Waals surface area contributed by atoms with Crippen molar-refractivity contribution in [3.63, 3.8) is 0 Å². The molecule has 0 aromatic heterocycles. The summed E-state index contributed by atoms with van der Waals surface area (Å²) in [7, 11) is 0. The molecule has 2 rings (SSSR count). The van der Waals surface area contributed by atoms with Gasteiger partial charge in [0.15, 0.2) is 0 Å². The van der Waals surface area contributed by atoms with Crippen molar-refractivity contribution in [2.75, 3.05) is 6.54 Å². The summed E-state index contributed by atoms with van der Waals surface area (Å²) in [5.74, 6) is -1.43. The van der Waals surface area contributed by atoms with Gasteiger partial charge in [-0.15, -0.1) is 0 Å². The molecule has 1 aliphatic heterocycles. The molecule has 0 spiro atoms. The Labute approximate surface area is 118 Å². The molecule has 0 aliphatic carbocycles. The van der Waals surface area contributed by atoms with Crippen molar-refractivity contribution in [3.05, 3.63) is 33.4 Å². The van der Waals surface area contributed by atoms with Gasteiger partial charge in [0.05, 0.1) is 6.10 Å². The highest BCUT2D eigenvalue weighted by Gasteiger charge is 2.39. The zero-order valence-electron chi connectivity index (χ0n) is 9.41. The Morgan fingerprint density at radius 3 is 2.44 bits per heavy atom. The third-order valence-corrected chi connectivity index (χ3v) is 3.64. The molecule has 2 N–H and O–H groups in total. The van der Waals surface area contributed by atoms with Crippen LogP contribution in [0.4, 0.5) is 0 Å². The summed E-state index contributed by atoms with van der Waals surface area (Å²) < 4.78 is 1.00. The largest absolute Gasteiger partial charge is 0.480 e. The number of rotatable bonds is 2. The van der Waals surface area contributed by atoms with Crippen molar-refractivity contribution in [2.45, 2.75) is 18.6 Å². The number of carbonyl (C=O) groups excluding carboxylic acids is 1. The van der Waals surface area contributed by atoms with Crippen molar-refractivity contribution >= 4 is 34.5 Å². The van der Waals surface area contributed by atoms with E-state index in [1.165, 1.54) is 4.90 Å². The number of carboxylic acid groups (broad SMARTS) is 1. The maximum atomic E-state index is 12.2. The quantitative estimate of drug-likeness (QED) is 0.769. The second kappa shape index (κ2) is 5.23. The molecule has 1 aliphatic rings. The van der Waals surface area contributed by atoms with Gasteiger partial charge in [-0.1, -0.05) is 0 Å². The fourth-order valence-corrected chi connectivity index (χ4v) is 2.39. The van der Waals surface area contributed by atoms with E-state index in [1.54, 1.807) is 24.3 Å². The minimum Gasteiger partial charge on any atom is -0.480 e.